The molecule has 0 spiro atoms. The van der Waals surface area contributed by atoms with Crippen LogP contribution in [-0.2, 0) is 9.84 Å². The van der Waals surface area contributed by atoms with E-state index >= 15 is 0 Å². The number of aliphatic hydroxyl groups excluding tert-OH is 1. The lowest BCUT2D eigenvalue weighted by Crippen LogP contribution is -2.34. The van der Waals surface area contributed by atoms with E-state index in [0.29, 0.717) is 4.47 Å². The van der Waals surface area contributed by atoms with Crippen molar-refractivity contribution in [1.29, 1.82) is 0 Å². The van der Waals surface area contributed by atoms with Crippen molar-refractivity contribution in [3.8, 4) is 5.75 Å². The minimum Gasteiger partial charge on any atom is -0.455 e. The second kappa shape index (κ2) is 7.35. The molecular weight excluding hydrogens is 420 g/mol. The number of hydrogen-bond acceptors (Lipinski definition) is 5. The summed E-state index contributed by atoms with van der Waals surface area (Å²) in [6.45, 7) is 3.58. The molecule has 5 nitrogen and oxygen atoms in total. The molecule has 1 aliphatic rings. The van der Waals surface area contributed by atoms with E-state index in [1.165, 1.54) is 18.5 Å². The normalized spacial score (nSPS) is 25.6. The molecule has 2 rings (SSSR count). The van der Waals surface area contributed by atoms with E-state index in [2.05, 4.69) is 27.5 Å². The van der Waals surface area contributed by atoms with E-state index in [0.717, 1.165) is 12.3 Å². The minimum absolute atomic E-state index is 0.0326. The Kier molecular flexibility index (Phi) is 5.80. The van der Waals surface area contributed by atoms with Gasteiger partial charge in [0.05, 0.1) is 6.20 Å². The Hall–Kier alpha value is -1.58. The molecule has 1 N–H and O–H groups in total. The lowest BCUT2D eigenvalue weighted by atomic mass is 10.0. The summed E-state index contributed by atoms with van der Waals surface area (Å²) in [6, 6.07) is 1.57. The predicted molar refractivity (Wildman–Crippen MR) is 92.9 cm³/mol. The summed E-state index contributed by atoms with van der Waals surface area (Å²) in [7, 11) is -3.77. The molecule has 0 unspecified atom stereocenters. The van der Waals surface area contributed by atoms with Gasteiger partial charge in [0.1, 0.15) is 17.6 Å². The topological polar surface area (TPSA) is 76.5 Å². The summed E-state index contributed by atoms with van der Waals surface area (Å²) < 4.78 is 58.1. The van der Waals surface area contributed by atoms with Gasteiger partial charge in [0.25, 0.3) is 5.92 Å². The molecule has 0 saturated heterocycles. The lowest BCUT2D eigenvalue weighted by molar-refractivity contribution is -0.105. The SMILES string of the molecule is C=C1CC(F)(F)[C@@H](O)C/C(S(C)(=O)=O)=C\C=C/1Oc1cncc(Br)c1. The molecule has 0 saturated carbocycles. The highest BCUT2D eigenvalue weighted by Crippen LogP contribution is 2.35. The molecule has 1 aromatic rings. The Morgan fingerprint density at radius 1 is 1.40 bits per heavy atom. The Labute approximate surface area is 152 Å². The quantitative estimate of drug-likeness (QED) is 0.787. The zero-order valence-corrected chi connectivity index (χ0v) is 15.6. The Morgan fingerprint density at radius 3 is 2.68 bits per heavy atom. The van der Waals surface area contributed by atoms with Crippen LogP contribution in [0.2, 0.25) is 0 Å². The maximum atomic E-state index is 14.2. The van der Waals surface area contributed by atoms with Crippen molar-refractivity contribution in [2.75, 3.05) is 6.26 Å². The largest absolute Gasteiger partial charge is 0.455 e. The smallest absolute Gasteiger partial charge is 0.277 e. The van der Waals surface area contributed by atoms with Crippen LogP contribution >= 0.6 is 15.9 Å². The van der Waals surface area contributed by atoms with E-state index in [1.54, 1.807) is 6.07 Å². The van der Waals surface area contributed by atoms with Gasteiger partial charge in [-0.15, -0.1) is 0 Å². The fourth-order valence-electron chi connectivity index (χ4n) is 2.14. The molecule has 1 atom stereocenters. The van der Waals surface area contributed by atoms with Gasteiger partial charge in [-0.2, -0.15) is 0 Å². The average molecular weight is 436 g/mol. The predicted octanol–water partition coefficient (Wildman–Crippen LogP) is 3.38. The highest BCUT2D eigenvalue weighted by Gasteiger charge is 2.41. The van der Waals surface area contributed by atoms with Crippen LogP contribution in [0.4, 0.5) is 8.78 Å². The summed E-state index contributed by atoms with van der Waals surface area (Å²) in [5.74, 6) is -3.32. The van der Waals surface area contributed by atoms with Gasteiger partial charge in [0.2, 0.25) is 0 Å². The maximum Gasteiger partial charge on any atom is 0.277 e. The van der Waals surface area contributed by atoms with Crippen LogP contribution in [0.25, 0.3) is 0 Å². The number of allylic oxidation sites excluding steroid dienone is 3. The maximum absolute atomic E-state index is 14.2. The summed E-state index contributed by atoms with van der Waals surface area (Å²) in [4.78, 5) is 3.59. The van der Waals surface area contributed by atoms with Gasteiger partial charge in [-0.1, -0.05) is 6.58 Å². The fourth-order valence-corrected chi connectivity index (χ4v) is 3.26. The summed E-state index contributed by atoms with van der Waals surface area (Å²) in [6.07, 6.45) is 2.48. The number of aromatic nitrogens is 1. The number of alkyl halides is 2. The second-order valence-electron chi connectivity index (χ2n) is 5.64. The van der Waals surface area contributed by atoms with E-state index in [4.69, 9.17) is 4.74 Å². The van der Waals surface area contributed by atoms with E-state index in [9.17, 15) is 22.3 Å². The van der Waals surface area contributed by atoms with Gasteiger partial charge >= 0.3 is 0 Å². The van der Waals surface area contributed by atoms with Crippen molar-refractivity contribution in [2.24, 2.45) is 0 Å². The first kappa shape index (κ1) is 19.7. The van der Waals surface area contributed by atoms with Crippen LogP contribution in [0, 0.1) is 0 Å². The van der Waals surface area contributed by atoms with Crippen molar-refractivity contribution < 1.29 is 27.0 Å². The molecule has 0 amide bonds. The van der Waals surface area contributed by atoms with Gasteiger partial charge in [0.15, 0.2) is 9.84 Å². The minimum atomic E-state index is -3.77. The van der Waals surface area contributed by atoms with Crippen molar-refractivity contribution in [1.82, 2.24) is 4.98 Å². The van der Waals surface area contributed by atoms with Crippen LogP contribution in [0.15, 0.2) is 57.9 Å². The van der Waals surface area contributed by atoms with Gasteiger partial charge in [0, 0.05) is 34.7 Å². The number of nitrogens with zero attached hydrogens (tertiary/aromatic N) is 1. The van der Waals surface area contributed by atoms with Crippen LogP contribution in [0.3, 0.4) is 0 Å². The van der Waals surface area contributed by atoms with Crippen LogP contribution in [0.1, 0.15) is 12.8 Å². The Bertz CT molecular complexity index is 849. The van der Waals surface area contributed by atoms with Crippen LogP contribution in [-0.4, -0.2) is 36.8 Å². The molecular formula is C16H16BrF2NO4S. The molecule has 1 aliphatic carbocycles. The number of pyridine rings is 1. The third kappa shape index (κ3) is 5.20. The lowest BCUT2D eigenvalue weighted by Gasteiger charge is -2.23. The Balaban J connectivity index is 2.47. The molecule has 9 heteroatoms. The number of ether oxygens (including phenoxy) is 1. The highest BCUT2D eigenvalue weighted by atomic mass is 79.9. The molecule has 0 aromatic carbocycles. The van der Waals surface area contributed by atoms with Gasteiger partial charge in [-0.05, 0) is 39.7 Å². The van der Waals surface area contributed by atoms with Crippen molar-refractivity contribution in [3.05, 3.63) is 57.9 Å². The fraction of sp³-hybridized carbons (Fsp3) is 0.312. The number of sulfone groups is 1. The van der Waals surface area contributed by atoms with Gasteiger partial charge in [-0.3, -0.25) is 4.98 Å². The van der Waals surface area contributed by atoms with Crippen molar-refractivity contribution in [3.63, 3.8) is 0 Å². The third-order valence-corrected chi connectivity index (χ3v) is 5.17. The first-order chi connectivity index (χ1) is 11.5. The molecule has 136 valence electrons. The molecule has 0 radical (unpaired) electrons. The molecule has 0 fully saturated rings. The van der Waals surface area contributed by atoms with E-state index in [-0.39, 0.29) is 22.0 Å². The standard InChI is InChI=1S/C16H16BrF2NO4S/c1-10-7-16(18,19)15(21)6-13(25(2,22)23)3-4-14(10)24-12-5-11(17)8-20-9-12/h3-5,8-9,15,21H,1,6-7H2,2H3/b13-3+,14-4+/t15-/m0/s1. The third-order valence-electron chi connectivity index (χ3n) is 3.48. The monoisotopic (exact) mass is 435 g/mol. The molecule has 1 aromatic heterocycles. The molecule has 1 heterocycles. The van der Waals surface area contributed by atoms with Crippen molar-refractivity contribution in [2.45, 2.75) is 24.9 Å². The van der Waals surface area contributed by atoms with E-state index < -0.39 is 34.7 Å². The molecule has 0 aliphatic heterocycles. The second-order valence-corrected chi connectivity index (χ2v) is 8.62. The number of halogens is 3. The Morgan fingerprint density at radius 2 is 2.08 bits per heavy atom. The molecule has 0 bridgehead atoms. The van der Waals surface area contributed by atoms with Crippen LogP contribution in [0.5, 0.6) is 5.75 Å². The average Bonchev–Trinajstić information content (AvgIpc) is 2.50. The number of rotatable bonds is 3. The summed E-state index contributed by atoms with van der Waals surface area (Å²) in [5, 5.41) is 9.75. The summed E-state index contributed by atoms with van der Waals surface area (Å²) in [5.41, 5.74) is -0.0740. The van der Waals surface area contributed by atoms with E-state index in [1.807, 2.05) is 0 Å². The zero-order chi connectivity index (χ0) is 18.8. The number of aliphatic hydroxyl groups is 1. The summed E-state index contributed by atoms with van der Waals surface area (Å²) >= 11 is 3.22. The van der Waals surface area contributed by atoms with Crippen molar-refractivity contribution >= 4 is 25.8 Å². The number of hydrogen-bond donors (Lipinski definition) is 1. The first-order valence-corrected chi connectivity index (χ1v) is 9.81. The highest BCUT2D eigenvalue weighted by molar-refractivity contribution is 9.10. The van der Waals surface area contributed by atoms with Gasteiger partial charge < -0.3 is 9.84 Å². The molecule has 25 heavy (non-hydrogen) atoms. The first-order valence-electron chi connectivity index (χ1n) is 7.12. The van der Waals surface area contributed by atoms with Crippen LogP contribution < -0.4 is 4.74 Å². The van der Waals surface area contributed by atoms with Gasteiger partial charge in [-0.25, -0.2) is 17.2 Å². The zero-order valence-electron chi connectivity index (χ0n) is 13.2.